The van der Waals surface area contributed by atoms with Crippen molar-refractivity contribution in [2.45, 2.75) is 6.17 Å². The molecule has 2 heterocycles. The number of imidazole rings is 1. The van der Waals surface area contributed by atoms with E-state index in [4.69, 9.17) is 16.2 Å². The van der Waals surface area contributed by atoms with Crippen LogP contribution in [0.25, 0.3) is 11.0 Å². The molecule has 3 aromatic rings. The standard InChI is InChI=1S/C17H16N6O2/c18-14(24)9-25-11-7-5-10(6-8-11)15-21-16(19)22-17-20-12-3-1-2-4-13(12)23(15)17/h1-8,15H,9H2,(H2,18,24)(H3,19,20,21,22)/t15-/m0/s1. The summed E-state index contributed by atoms with van der Waals surface area (Å²) in [4.78, 5) is 19.9. The monoisotopic (exact) mass is 336 g/mol. The maximum Gasteiger partial charge on any atom is 0.255 e. The number of anilines is 1. The van der Waals surface area contributed by atoms with Gasteiger partial charge in [-0.3, -0.25) is 14.7 Å². The first-order valence-corrected chi connectivity index (χ1v) is 7.70. The summed E-state index contributed by atoms with van der Waals surface area (Å²) in [6, 6.07) is 15.1. The second-order valence-electron chi connectivity index (χ2n) is 5.63. The summed E-state index contributed by atoms with van der Waals surface area (Å²) in [5.41, 5.74) is 13.7. The number of aliphatic imine (C=N–C) groups is 1. The molecule has 0 spiro atoms. The van der Waals surface area contributed by atoms with Gasteiger partial charge in [0.05, 0.1) is 11.0 Å². The molecule has 0 saturated carbocycles. The van der Waals surface area contributed by atoms with Gasteiger partial charge in [-0.2, -0.15) is 0 Å². The number of aromatic nitrogens is 2. The van der Waals surface area contributed by atoms with Gasteiger partial charge in [0, 0.05) is 0 Å². The smallest absolute Gasteiger partial charge is 0.255 e. The van der Waals surface area contributed by atoms with E-state index in [1.165, 1.54) is 0 Å². The number of hydrogen-bond donors (Lipinski definition) is 3. The summed E-state index contributed by atoms with van der Waals surface area (Å²) in [5.74, 6) is 0.994. The minimum Gasteiger partial charge on any atom is -0.484 e. The van der Waals surface area contributed by atoms with Crippen LogP contribution in [-0.4, -0.2) is 28.0 Å². The van der Waals surface area contributed by atoms with Gasteiger partial charge in [0.1, 0.15) is 5.75 Å². The first-order chi connectivity index (χ1) is 12.1. The van der Waals surface area contributed by atoms with Gasteiger partial charge in [-0.15, -0.1) is 0 Å². The van der Waals surface area contributed by atoms with Gasteiger partial charge in [0.2, 0.25) is 5.95 Å². The molecule has 0 bridgehead atoms. The molecule has 1 aliphatic rings. The molecule has 1 amide bonds. The number of carbonyl (C=O) groups is 1. The maximum absolute atomic E-state index is 10.8. The Morgan fingerprint density at radius 1 is 1.20 bits per heavy atom. The van der Waals surface area contributed by atoms with Crippen molar-refractivity contribution in [3.8, 4) is 5.75 Å². The van der Waals surface area contributed by atoms with Gasteiger partial charge < -0.3 is 16.2 Å². The summed E-state index contributed by atoms with van der Waals surface area (Å²) in [6.07, 6.45) is -0.339. The van der Waals surface area contributed by atoms with E-state index >= 15 is 0 Å². The Balaban J connectivity index is 1.72. The molecule has 0 aliphatic carbocycles. The van der Waals surface area contributed by atoms with Crippen molar-refractivity contribution < 1.29 is 9.53 Å². The van der Waals surface area contributed by atoms with Crippen molar-refractivity contribution in [1.29, 1.82) is 0 Å². The van der Waals surface area contributed by atoms with E-state index in [-0.39, 0.29) is 12.8 Å². The van der Waals surface area contributed by atoms with Gasteiger partial charge in [-0.1, -0.05) is 24.3 Å². The van der Waals surface area contributed by atoms with Crippen LogP contribution in [0.4, 0.5) is 5.95 Å². The fraction of sp³-hybridized carbons (Fsp3) is 0.118. The number of nitrogens with one attached hydrogen (secondary N) is 1. The van der Waals surface area contributed by atoms with E-state index < -0.39 is 5.91 Å². The first kappa shape index (κ1) is 15.0. The summed E-state index contributed by atoms with van der Waals surface area (Å²) >= 11 is 0. The Hall–Kier alpha value is -3.55. The lowest BCUT2D eigenvalue weighted by molar-refractivity contribution is -0.119. The molecule has 2 aromatic carbocycles. The zero-order valence-electron chi connectivity index (χ0n) is 13.2. The lowest BCUT2D eigenvalue weighted by Gasteiger charge is -2.24. The van der Waals surface area contributed by atoms with Crippen molar-refractivity contribution >= 4 is 28.8 Å². The van der Waals surface area contributed by atoms with Gasteiger partial charge in [-0.25, -0.2) is 9.98 Å². The molecule has 25 heavy (non-hydrogen) atoms. The molecule has 126 valence electrons. The summed E-state index contributed by atoms with van der Waals surface area (Å²) in [6.45, 7) is -0.159. The van der Waals surface area contributed by atoms with Crippen LogP contribution in [0.15, 0.2) is 53.5 Å². The van der Waals surface area contributed by atoms with Crippen LogP contribution in [0, 0.1) is 0 Å². The van der Waals surface area contributed by atoms with Gasteiger partial charge >= 0.3 is 0 Å². The molecule has 0 unspecified atom stereocenters. The SMILES string of the molecule is NC(=O)COc1ccc([C@H]2N=C(N)Nc3nc4ccccc4n32)cc1. The summed E-state index contributed by atoms with van der Waals surface area (Å²) in [5, 5.41) is 3.00. The van der Waals surface area contributed by atoms with Crippen LogP contribution in [-0.2, 0) is 4.79 Å². The largest absolute Gasteiger partial charge is 0.484 e. The van der Waals surface area contributed by atoms with Gasteiger partial charge in [-0.05, 0) is 29.8 Å². The van der Waals surface area contributed by atoms with Crippen LogP contribution in [0.1, 0.15) is 11.7 Å². The summed E-state index contributed by atoms with van der Waals surface area (Å²) < 4.78 is 7.28. The number of carbonyl (C=O) groups excluding carboxylic acids is 1. The number of hydrogen-bond acceptors (Lipinski definition) is 6. The normalized spacial score (nSPS) is 16.0. The third kappa shape index (κ3) is 2.74. The van der Waals surface area contributed by atoms with Crippen LogP contribution < -0.4 is 21.5 Å². The zero-order valence-corrected chi connectivity index (χ0v) is 13.2. The molecule has 8 nitrogen and oxygen atoms in total. The zero-order chi connectivity index (χ0) is 17.4. The molecule has 0 fully saturated rings. The number of primary amides is 1. The molecule has 4 rings (SSSR count). The van der Waals surface area contributed by atoms with Crippen LogP contribution in [0.3, 0.4) is 0 Å². The molecule has 0 saturated heterocycles. The van der Waals surface area contributed by atoms with Crippen LogP contribution >= 0.6 is 0 Å². The minimum absolute atomic E-state index is 0.159. The average molecular weight is 336 g/mol. The highest BCUT2D eigenvalue weighted by Gasteiger charge is 2.24. The number of guanidine groups is 1. The Kier molecular flexibility index (Phi) is 3.50. The molecule has 1 aliphatic heterocycles. The fourth-order valence-electron chi connectivity index (χ4n) is 2.83. The number of ether oxygens (including phenoxy) is 1. The first-order valence-electron chi connectivity index (χ1n) is 7.70. The third-order valence-electron chi connectivity index (χ3n) is 3.90. The number of nitrogens with zero attached hydrogens (tertiary/aromatic N) is 3. The molecule has 1 atom stereocenters. The average Bonchev–Trinajstić information content (AvgIpc) is 2.97. The van der Waals surface area contributed by atoms with E-state index in [1.54, 1.807) is 12.1 Å². The van der Waals surface area contributed by atoms with E-state index in [0.29, 0.717) is 17.7 Å². The quantitative estimate of drug-likeness (QED) is 0.661. The molecule has 1 aromatic heterocycles. The number of para-hydroxylation sites is 2. The number of benzene rings is 2. The highest BCUT2D eigenvalue weighted by Crippen LogP contribution is 2.32. The number of fused-ring (bicyclic) bond motifs is 3. The molecular weight excluding hydrogens is 320 g/mol. The Morgan fingerprint density at radius 3 is 2.72 bits per heavy atom. The lowest BCUT2D eigenvalue weighted by Crippen LogP contribution is -2.31. The molecule has 8 heteroatoms. The molecule has 0 radical (unpaired) electrons. The van der Waals surface area contributed by atoms with Crippen molar-refractivity contribution in [3.63, 3.8) is 0 Å². The highest BCUT2D eigenvalue weighted by molar-refractivity contribution is 5.94. The molecule has 5 N–H and O–H groups in total. The van der Waals surface area contributed by atoms with Crippen molar-refractivity contribution in [3.05, 3.63) is 54.1 Å². The third-order valence-corrected chi connectivity index (χ3v) is 3.90. The second kappa shape index (κ2) is 5.82. The van der Waals surface area contributed by atoms with Crippen molar-refractivity contribution in [2.24, 2.45) is 16.5 Å². The van der Waals surface area contributed by atoms with E-state index in [1.807, 2.05) is 41.0 Å². The second-order valence-corrected chi connectivity index (χ2v) is 5.63. The highest BCUT2D eigenvalue weighted by atomic mass is 16.5. The van der Waals surface area contributed by atoms with Gasteiger partial charge in [0.15, 0.2) is 18.7 Å². The van der Waals surface area contributed by atoms with Crippen LogP contribution in [0.5, 0.6) is 5.75 Å². The summed E-state index contributed by atoms with van der Waals surface area (Å²) in [7, 11) is 0. The van der Waals surface area contributed by atoms with E-state index in [2.05, 4.69) is 15.3 Å². The van der Waals surface area contributed by atoms with Crippen molar-refractivity contribution in [2.75, 3.05) is 11.9 Å². The topological polar surface area (TPSA) is 121 Å². The number of rotatable bonds is 4. The maximum atomic E-state index is 10.8. The minimum atomic E-state index is -0.519. The fourth-order valence-corrected chi connectivity index (χ4v) is 2.83. The predicted molar refractivity (Wildman–Crippen MR) is 94.2 cm³/mol. The predicted octanol–water partition coefficient (Wildman–Crippen LogP) is 1.19. The Morgan fingerprint density at radius 2 is 1.96 bits per heavy atom. The van der Waals surface area contributed by atoms with Crippen LogP contribution in [0.2, 0.25) is 0 Å². The van der Waals surface area contributed by atoms with E-state index in [0.717, 1.165) is 16.6 Å². The van der Waals surface area contributed by atoms with Gasteiger partial charge in [0.25, 0.3) is 5.91 Å². The number of amides is 1. The van der Waals surface area contributed by atoms with E-state index in [9.17, 15) is 4.79 Å². The Bertz CT molecular complexity index is 976. The Labute approximate surface area is 143 Å². The number of nitrogens with two attached hydrogens (primary N) is 2. The van der Waals surface area contributed by atoms with Crippen molar-refractivity contribution in [1.82, 2.24) is 9.55 Å². The lowest BCUT2D eigenvalue weighted by atomic mass is 10.1. The molecular formula is C17H16N6O2.